The van der Waals surface area contributed by atoms with Crippen LogP contribution < -0.4 is 10.2 Å². The van der Waals surface area contributed by atoms with Crippen molar-refractivity contribution in [1.29, 1.82) is 0 Å². The minimum absolute atomic E-state index is 0.108. The number of nitrogens with zero attached hydrogens (tertiary/aromatic N) is 2. The van der Waals surface area contributed by atoms with Crippen LogP contribution in [-0.2, 0) is 0 Å². The molecule has 24 heavy (non-hydrogen) atoms. The van der Waals surface area contributed by atoms with Gasteiger partial charge in [0.2, 0.25) is 0 Å². The van der Waals surface area contributed by atoms with E-state index in [1.165, 1.54) is 30.6 Å². The van der Waals surface area contributed by atoms with Crippen molar-refractivity contribution in [1.82, 2.24) is 10.2 Å². The minimum Gasteiger partial charge on any atom is -0.393 e. The van der Waals surface area contributed by atoms with Crippen LogP contribution >= 0.6 is 0 Å². The molecule has 4 heteroatoms. The molecule has 0 radical (unpaired) electrons. The number of hydrogen-bond donors (Lipinski definition) is 2. The predicted molar refractivity (Wildman–Crippen MR) is 101 cm³/mol. The summed E-state index contributed by atoms with van der Waals surface area (Å²) in [5.41, 5.74) is 2.63. The monoisotopic (exact) mass is 331 g/mol. The average Bonchev–Trinajstić information content (AvgIpc) is 3.44. The zero-order valence-corrected chi connectivity index (χ0v) is 15.2. The van der Waals surface area contributed by atoms with Gasteiger partial charge in [-0.25, -0.2) is 0 Å². The SMILES string of the molecule is CCN(CCNC(C)c1ccc(N2CCC(O)CC2)cc1)C1CC1. The summed E-state index contributed by atoms with van der Waals surface area (Å²) >= 11 is 0. The molecular formula is C20H33N3O. The fourth-order valence-electron chi connectivity index (χ4n) is 3.68. The average molecular weight is 332 g/mol. The van der Waals surface area contributed by atoms with Crippen molar-refractivity contribution >= 4 is 5.69 Å². The predicted octanol–water partition coefficient (Wildman–Crippen LogP) is 2.78. The highest BCUT2D eigenvalue weighted by atomic mass is 16.3. The maximum absolute atomic E-state index is 9.63. The van der Waals surface area contributed by atoms with Gasteiger partial charge in [0.15, 0.2) is 0 Å². The minimum atomic E-state index is -0.108. The summed E-state index contributed by atoms with van der Waals surface area (Å²) < 4.78 is 0. The first-order chi connectivity index (χ1) is 11.7. The lowest BCUT2D eigenvalue weighted by atomic mass is 10.0. The van der Waals surface area contributed by atoms with E-state index < -0.39 is 0 Å². The molecule has 3 rings (SSSR count). The first kappa shape index (κ1) is 17.7. The Morgan fingerprint density at radius 1 is 1.17 bits per heavy atom. The molecule has 1 unspecified atom stereocenters. The Bertz CT molecular complexity index is 492. The summed E-state index contributed by atoms with van der Waals surface area (Å²) in [6.45, 7) is 9.81. The van der Waals surface area contributed by atoms with Crippen molar-refractivity contribution in [3.05, 3.63) is 29.8 Å². The van der Waals surface area contributed by atoms with Crippen molar-refractivity contribution in [3.8, 4) is 0 Å². The molecule has 2 N–H and O–H groups in total. The van der Waals surface area contributed by atoms with E-state index in [0.29, 0.717) is 6.04 Å². The second-order valence-corrected chi connectivity index (χ2v) is 7.35. The Morgan fingerprint density at radius 2 is 1.83 bits per heavy atom. The van der Waals surface area contributed by atoms with Crippen LogP contribution in [-0.4, -0.2) is 54.9 Å². The maximum Gasteiger partial charge on any atom is 0.0574 e. The van der Waals surface area contributed by atoms with E-state index in [1.807, 2.05) is 0 Å². The van der Waals surface area contributed by atoms with Gasteiger partial charge in [0.25, 0.3) is 0 Å². The number of aliphatic hydroxyl groups excluding tert-OH is 1. The van der Waals surface area contributed by atoms with Crippen molar-refractivity contribution in [2.24, 2.45) is 0 Å². The topological polar surface area (TPSA) is 38.7 Å². The highest BCUT2D eigenvalue weighted by molar-refractivity contribution is 5.48. The molecule has 1 saturated heterocycles. The van der Waals surface area contributed by atoms with Gasteiger partial charge in [-0.15, -0.1) is 0 Å². The molecule has 134 valence electrons. The van der Waals surface area contributed by atoms with Crippen molar-refractivity contribution in [2.45, 2.75) is 57.7 Å². The number of aliphatic hydroxyl groups is 1. The van der Waals surface area contributed by atoms with E-state index in [0.717, 1.165) is 45.1 Å². The van der Waals surface area contributed by atoms with Crippen LogP contribution in [0.4, 0.5) is 5.69 Å². The van der Waals surface area contributed by atoms with Crippen molar-refractivity contribution < 1.29 is 5.11 Å². The molecule has 1 saturated carbocycles. The second kappa shape index (κ2) is 8.32. The van der Waals surface area contributed by atoms with Crippen LogP contribution in [0, 0.1) is 0 Å². The third-order valence-corrected chi connectivity index (χ3v) is 5.54. The smallest absolute Gasteiger partial charge is 0.0574 e. The first-order valence-electron chi connectivity index (χ1n) is 9.67. The summed E-state index contributed by atoms with van der Waals surface area (Å²) in [5.74, 6) is 0. The largest absolute Gasteiger partial charge is 0.393 e. The lowest BCUT2D eigenvalue weighted by Gasteiger charge is -2.31. The Morgan fingerprint density at radius 3 is 2.42 bits per heavy atom. The number of nitrogens with one attached hydrogen (secondary N) is 1. The molecule has 1 aromatic rings. The molecule has 2 aliphatic rings. The summed E-state index contributed by atoms with van der Waals surface area (Å²) in [6.07, 6.45) is 4.43. The van der Waals surface area contributed by atoms with Crippen LogP contribution in [0.2, 0.25) is 0 Å². The van der Waals surface area contributed by atoms with E-state index in [-0.39, 0.29) is 6.10 Å². The number of likely N-dealkylation sites (N-methyl/N-ethyl adjacent to an activating group) is 1. The third-order valence-electron chi connectivity index (χ3n) is 5.54. The fraction of sp³-hybridized carbons (Fsp3) is 0.700. The molecule has 0 aromatic heterocycles. The Balaban J connectivity index is 1.45. The number of rotatable bonds is 8. The lowest BCUT2D eigenvalue weighted by Crippen LogP contribution is -2.35. The summed E-state index contributed by atoms with van der Waals surface area (Å²) in [7, 11) is 0. The molecule has 1 atom stereocenters. The van der Waals surface area contributed by atoms with Gasteiger partial charge in [-0.1, -0.05) is 19.1 Å². The Labute approximate surface area is 146 Å². The van der Waals surface area contributed by atoms with Crippen molar-refractivity contribution in [2.75, 3.05) is 37.6 Å². The quantitative estimate of drug-likeness (QED) is 0.768. The molecule has 0 spiro atoms. The molecule has 4 nitrogen and oxygen atoms in total. The Kier molecular flexibility index (Phi) is 6.14. The maximum atomic E-state index is 9.63. The van der Waals surface area contributed by atoms with E-state index >= 15 is 0 Å². The highest BCUT2D eigenvalue weighted by Crippen LogP contribution is 2.26. The lowest BCUT2D eigenvalue weighted by molar-refractivity contribution is 0.145. The van der Waals surface area contributed by atoms with Gasteiger partial charge in [0, 0.05) is 44.0 Å². The van der Waals surface area contributed by atoms with Gasteiger partial charge in [-0.2, -0.15) is 0 Å². The van der Waals surface area contributed by atoms with E-state index in [1.54, 1.807) is 0 Å². The van der Waals surface area contributed by atoms with Crippen LogP contribution in [0.3, 0.4) is 0 Å². The molecule has 1 heterocycles. The molecular weight excluding hydrogens is 298 g/mol. The van der Waals surface area contributed by atoms with Crippen molar-refractivity contribution in [3.63, 3.8) is 0 Å². The summed E-state index contributed by atoms with van der Waals surface area (Å²) in [6, 6.07) is 10.2. The van der Waals surface area contributed by atoms with Gasteiger partial charge >= 0.3 is 0 Å². The summed E-state index contributed by atoms with van der Waals surface area (Å²) in [5, 5.41) is 13.3. The zero-order valence-electron chi connectivity index (χ0n) is 15.2. The van der Waals surface area contributed by atoms with Gasteiger partial charge in [0.05, 0.1) is 6.10 Å². The van der Waals surface area contributed by atoms with Crippen LogP contribution in [0.1, 0.15) is 51.1 Å². The van der Waals surface area contributed by atoms with Crippen LogP contribution in [0.5, 0.6) is 0 Å². The molecule has 0 amide bonds. The van der Waals surface area contributed by atoms with E-state index in [2.05, 4.69) is 53.2 Å². The third kappa shape index (κ3) is 4.71. The van der Waals surface area contributed by atoms with Gasteiger partial charge in [-0.05, 0) is 56.8 Å². The van der Waals surface area contributed by atoms with Gasteiger partial charge < -0.3 is 15.3 Å². The first-order valence-corrected chi connectivity index (χ1v) is 9.67. The molecule has 1 aromatic carbocycles. The second-order valence-electron chi connectivity index (χ2n) is 7.35. The fourth-order valence-corrected chi connectivity index (χ4v) is 3.68. The molecule has 1 aliphatic heterocycles. The molecule has 2 fully saturated rings. The molecule has 1 aliphatic carbocycles. The Hall–Kier alpha value is -1.10. The van der Waals surface area contributed by atoms with E-state index in [4.69, 9.17) is 0 Å². The number of hydrogen-bond acceptors (Lipinski definition) is 4. The van der Waals surface area contributed by atoms with Crippen LogP contribution in [0.15, 0.2) is 24.3 Å². The molecule has 0 bridgehead atoms. The van der Waals surface area contributed by atoms with Gasteiger partial charge in [-0.3, -0.25) is 4.90 Å². The van der Waals surface area contributed by atoms with Gasteiger partial charge in [0.1, 0.15) is 0 Å². The zero-order chi connectivity index (χ0) is 16.9. The van der Waals surface area contributed by atoms with Crippen LogP contribution in [0.25, 0.3) is 0 Å². The standard InChI is InChI=1S/C20H33N3O/c1-3-22(18-8-9-18)15-12-21-16(2)17-4-6-19(7-5-17)23-13-10-20(24)11-14-23/h4-7,16,18,20-21,24H,3,8-15H2,1-2H3. The van der Waals surface area contributed by atoms with E-state index in [9.17, 15) is 5.11 Å². The highest BCUT2D eigenvalue weighted by Gasteiger charge is 2.27. The normalized spacial score (nSPS) is 20.6. The number of piperidine rings is 1. The number of benzene rings is 1. The summed E-state index contributed by atoms with van der Waals surface area (Å²) in [4.78, 5) is 4.97. The number of anilines is 1.